The van der Waals surface area contributed by atoms with Crippen molar-refractivity contribution in [3.8, 4) is 0 Å². The number of carbonyl (C=O) groups is 2. The van der Waals surface area contributed by atoms with Crippen molar-refractivity contribution < 1.29 is 23.7 Å². The minimum atomic E-state index is -2.16. The van der Waals surface area contributed by atoms with Gasteiger partial charge in [0.2, 0.25) is 8.32 Å². The second kappa shape index (κ2) is 7.73. The van der Waals surface area contributed by atoms with E-state index in [1.807, 2.05) is 6.92 Å². The largest absolute Gasteiger partial charge is 0.447 e. The summed E-state index contributed by atoms with van der Waals surface area (Å²) in [6.07, 6.45) is -0.781. The Balaban J connectivity index is 2.12. The highest BCUT2D eigenvalue weighted by atomic mass is 28.4. The van der Waals surface area contributed by atoms with Gasteiger partial charge in [0.05, 0.1) is 12.6 Å². The summed E-state index contributed by atoms with van der Waals surface area (Å²) in [6, 6.07) is -0.0456. The molecule has 2 aliphatic heterocycles. The monoisotopic (exact) mass is 372 g/mol. The maximum Gasteiger partial charge on any atom is 0.416 e. The molecular formula is C17H32N2O5Si. The first-order valence-corrected chi connectivity index (χ1v) is 11.4. The summed E-state index contributed by atoms with van der Waals surface area (Å²) in [5.74, 6) is -0.341. The molecule has 0 N–H and O–H groups in total. The Morgan fingerprint density at radius 2 is 1.72 bits per heavy atom. The highest BCUT2D eigenvalue weighted by Crippen LogP contribution is 2.44. The van der Waals surface area contributed by atoms with Gasteiger partial charge in [-0.2, -0.15) is 0 Å². The van der Waals surface area contributed by atoms with Crippen molar-refractivity contribution in [2.24, 2.45) is 0 Å². The molecule has 2 aliphatic rings. The van der Waals surface area contributed by atoms with Crippen molar-refractivity contribution in [3.05, 3.63) is 0 Å². The third kappa shape index (κ3) is 3.76. The van der Waals surface area contributed by atoms with Crippen LogP contribution in [0.25, 0.3) is 0 Å². The third-order valence-electron chi connectivity index (χ3n) is 5.40. The number of hydroxylamine groups is 2. The molecule has 0 aromatic carbocycles. The molecule has 0 aromatic heterocycles. The minimum absolute atomic E-state index is 0.0456. The lowest BCUT2D eigenvalue weighted by molar-refractivity contribution is -0.323. The van der Waals surface area contributed by atoms with Crippen molar-refractivity contribution in [1.82, 2.24) is 10.1 Å². The van der Waals surface area contributed by atoms with E-state index < -0.39 is 20.5 Å². The second-order valence-electron chi connectivity index (χ2n) is 7.98. The summed E-state index contributed by atoms with van der Waals surface area (Å²) in [6.45, 7) is 15.7. The molecular weight excluding hydrogens is 340 g/mol. The van der Waals surface area contributed by atoms with Gasteiger partial charge in [-0.05, 0) is 23.5 Å². The molecule has 144 valence electrons. The molecule has 2 heterocycles. The number of amides is 2. The predicted molar refractivity (Wildman–Crippen MR) is 96.0 cm³/mol. The second-order valence-corrected chi connectivity index (χ2v) is 13.3. The fourth-order valence-corrected chi connectivity index (χ4v) is 9.33. The predicted octanol–water partition coefficient (Wildman–Crippen LogP) is 3.47. The number of imide groups is 1. The lowest BCUT2D eigenvalue weighted by Crippen LogP contribution is -2.52. The molecule has 8 heteroatoms. The number of hydrogen-bond donors (Lipinski definition) is 0. The highest BCUT2D eigenvalue weighted by molar-refractivity contribution is 6.77. The maximum atomic E-state index is 12.5. The first-order valence-electron chi connectivity index (χ1n) is 9.24. The number of carbonyl (C=O) groups excluding carboxylic acids is 2. The van der Waals surface area contributed by atoms with E-state index in [0.29, 0.717) is 23.0 Å². The van der Waals surface area contributed by atoms with Crippen LogP contribution in [0, 0.1) is 0 Å². The number of rotatable bonds is 6. The van der Waals surface area contributed by atoms with E-state index in [1.54, 1.807) is 0 Å². The Morgan fingerprint density at radius 3 is 2.16 bits per heavy atom. The average molecular weight is 373 g/mol. The zero-order valence-corrected chi connectivity index (χ0v) is 17.4. The van der Waals surface area contributed by atoms with Crippen molar-refractivity contribution in [2.75, 3.05) is 13.2 Å². The van der Waals surface area contributed by atoms with E-state index in [0.717, 1.165) is 4.90 Å². The van der Waals surface area contributed by atoms with Gasteiger partial charge >= 0.3 is 6.09 Å². The van der Waals surface area contributed by atoms with E-state index in [-0.39, 0.29) is 25.1 Å². The number of nitrogens with zero attached hydrogens (tertiary/aromatic N) is 2. The smallest absolute Gasteiger partial charge is 0.416 e. The fourth-order valence-electron chi connectivity index (χ4n) is 4.17. The number of hydrogen-bond acceptors (Lipinski definition) is 6. The Morgan fingerprint density at radius 1 is 1.16 bits per heavy atom. The molecule has 0 spiro atoms. The molecule has 0 bridgehead atoms. The van der Waals surface area contributed by atoms with Gasteiger partial charge in [0, 0.05) is 6.42 Å². The molecule has 25 heavy (non-hydrogen) atoms. The van der Waals surface area contributed by atoms with Crippen LogP contribution in [0.3, 0.4) is 0 Å². The van der Waals surface area contributed by atoms with E-state index in [4.69, 9.17) is 14.1 Å². The Bertz CT molecular complexity index is 489. The van der Waals surface area contributed by atoms with Crippen LogP contribution < -0.4 is 0 Å². The van der Waals surface area contributed by atoms with E-state index in [2.05, 4.69) is 41.5 Å². The minimum Gasteiger partial charge on any atom is -0.447 e. The Hall–Kier alpha value is -0.963. The van der Waals surface area contributed by atoms with E-state index in [1.165, 1.54) is 5.23 Å². The van der Waals surface area contributed by atoms with Gasteiger partial charge in [0.1, 0.15) is 6.61 Å². The molecule has 0 radical (unpaired) electrons. The molecule has 0 aromatic rings. The van der Waals surface area contributed by atoms with Gasteiger partial charge in [-0.15, -0.1) is 0 Å². The van der Waals surface area contributed by atoms with Gasteiger partial charge in [-0.25, -0.2) is 9.69 Å². The van der Waals surface area contributed by atoms with E-state index >= 15 is 0 Å². The van der Waals surface area contributed by atoms with Crippen molar-refractivity contribution in [3.63, 3.8) is 0 Å². The summed E-state index contributed by atoms with van der Waals surface area (Å²) in [5.41, 5.74) is 1.23. The van der Waals surface area contributed by atoms with Gasteiger partial charge in [0.25, 0.3) is 5.91 Å². The van der Waals surface area contributed by atoms with Crippen molar-refractivity contribution in [1.29, 1.82) is 0 Å². The molecule has 2 fully saturated rings. The molecule has 0 saturated carbocycles. The summed E-state index contributed by atoms with van der Waals surface area (Å²) >= 11 is 0. The topological polar surface area (TPSA) is 68.3 Å². The molecule has 2 amide bonds. The average Bonchev–Trinajstić information content (AvgIpc) is 3.09. The van der Waals surface area contributed by atoms with Crippen molar-refractivity contribution >= 4 is 20.3 Å². The van der Waals surface area contributed by atoms with Crippen LogP contribution in [0.2, 0.25) is 16.6 Å². The first kappa shape index (κ1) is 20.4. The SMILES string of the molecule is CC1CC(C(=O)N2CCOC2=O)ON1O[Si](C(C)C)(C(C)C)C(C)C. The van der Waals surface area contributed by atoms with Gasteiger partial charge < -0.3 is 9.26 Å². The standard InChI is InChI=1S/C17H32N2O5Si/c1-11(2)25(12(3)4,13(5)6)24-19-14(7)10-15(23-19)16(20)18-8-9-22-17(18)21/h11-15H,8-10H2,1-7H3. The summed E-state index contributed by atoms with van der Waals surface area (Å²) in [7, 11) is -2.16. The Labute approximate surface area is 151 Å². The zero-order valence-electron chi connectivity index (χ0n) is 16.4. The van der Waals surface area contributed by atoms with Gasteiger partial charge in [-0.1, -0.05) is 46.8 Å². The van der Waals surface area contributed by atoms with Gasteiger partial charge in [-0.3, -0.25) is 9.63 Å². The van der Waals surface area contributed by atoms with Gasteiger partial charge in [0.15, 0.2) is 6.10 Å². The van der Waals surface area contributed by atoms with Crippen LogP contribution in [-0.2, 0) is 18.9 Å². The zero-order chi connectivity index (χ0) is 18.9. The lowest BCUT2D eigenvalue weighted by atomic mass is 10.1. The molecule has 2 saturated heterocycles. The van der Waals surface area contributed by atoms with Crippen molar-refractivity contribution in [2.45, 2.75) is 83.7 Å². The van der Waals surface area contributed by atoms with Crippen LogP contribution in [0.15, 0.2) is 0 Å². The summed E-state index contributed by atoms with van der Waals surface area (Å²) in [4.78, 5) is 31.1. The van der Waals surface area contributed by atoms with E-state index in [9.17, 15) is 9.59 Å². The van der Waals surface area contributed by atoms with Crippen LogP contribution in [0.1, 0.15) is 54.9 Å². The third-order valence-corrected chi connectivity index (χ3v) is 11.3. The summed E-state index contributed by atoms with van der Waals surface area (Å²) in [5, 5.41) is 1.54. The van der Waals surface area contributed by atoms with Crippen LogP contribution in [0.5, 0.6) is 0 Å². The maximum absolute atomic E-state index is 12.5. The Kier molecular flexibility index (Phi) is 6.29. The first-order chi connectivity index (χ1) is 11.6. The normalized spacial score (nSPS) is 25.5. The van der Waals surface area contributed by atoms with Crippen LogP contribution >= 0.6 is 0 Å². The quantitative estimate of drug-likeness (QED) is 0.665. The fraction of sp³-hybridized carbons (Fsp3) is 0.882. The van der Waals surface area contributed by atoms with Crippen LogP contribution in [0.4, 0.5) is 4.79 Å². The van der Waals surface area contributed by atoms with Crippen LogP contribution in [-0.4, -0.2) is 55.7 Å². The molecule has 2 unspecified atom stereocenters. The lowest BCUT2D eigenvalue weighted by Gasteiger charge is -2.44. The summed E-state index contributed by atoms with van der Waals surface area (Å²) < 4.78 is 11.4. The number of cyclic esters (lactones) is 1. The molecule has 7 nitrogen and oxygen atoms in total. The number of ether oxygens (including phenoxy) is 1. The molecule has 2 rings (SSSR count). The molecule has 0 aliphatic carbocycles. The molecule has 2 atom stereocenters. The highest BCUT2D eigenvalue weighted by Gasteiger charge is 2.51.